The Morgan fingerprint density at radius 3 is 3.17 bits per heavy atom. The molecule has 0 unspecified atom stereocenters. The van der Waals surface area contributed by atoms with Gasteiger partial charge in [0, 0.05) is 6.20 Å². The highest BCUT2D eigenvalue weighted by Gasteiger charge is 2.07. The molecule has 0 saturated carbocycles. The first-order chi connectivity index (χ1) is 5.79. The van der Waals surface area contributed by atoms with E-state index in [1.807, 2.05) is 0 Å². The van der Waals surface area contributed by atoms with Crippen LogP contribution in [0.1, 0.15) is 10.5 Å². The van der Waals surface area contributed by atoms with Crippen LogP contribution >= 0.6 is 0 Å². The van der Waals surface area contributed by atoms with E-state index >= 15 is 0 Å². The number of carbonyl (C=O) groups is 1. The minimum atomic E-state index is -0.540. The smallest absolute Gasteiger partial charge is 0.268 e. The third kappa shape index (κ3) is 0.833. The summed E-state index contributed by atoms with van der Waals surface area (Å²) in [5.41, 5.74) is 6.11. The molecule has 0 atom stereocenters. The number of nitrogens with one attached hydrogen (secondary N) is 1. The maximum absolute atomic E-state index is 10.8. The van der Waals surface area contributed by atoms with Crippen LogP contribution in [0.5, 0.6) is 0 Å². The molecule has 0 aliphatic heterocycles. The number of aromatic amines is 1. The van der Waals surface area contributed by atoms with Gasteiger partial charge in [0.15, 0.2) is 0 Å². The standard InChI is InChI=1S/C7H6N4O/c8-7(12)6-4-3-10-11-5(4)1-2-9-6/h1-3H,(H2,8,12)(H,10,11). The molecule has 0 spiro atoms. The number of nitrogens with zero attached hydrogens (tertiary/aromatic N) is 2. The first kappa shape index (κ1) is 6.78. The van der Waals surface area contributed by atoms with Crippen molar-refractivity contribution in [3.63, 3.8) is 0 Å². The zero-order valence-electron chi connectivity index (χ0n) is 6.11. The van der Waals surface area contributed by atoms with E-state index in [1.165, 1.54) is 12.4 Å². The molecule has 0 saturated heterocycles. The molecule has 2 rings (SSSR count). The van der Waals surface area contributed by atoms with Gasteiger partial charge >= 0.3 is 0 Å². The molecule has 0 aliphatic carbocycles. The van der Waals surface area contributed by atoms with Crippen LogP contribution in [0.2, 0.25) is 0 Å². The fourth-order valence-corrected chi connectivity index (χ4v) is 1.06. The van der Waals surface area contributed by atoms with Gasteiger partial charge in [-0.1, -0.05) is 0 Å². The maximum atomic E-state index is 10.8. The molecule has 0 radical (unpaired) electrons. The monoisotopic (exact) mass is 162 g/mol. The van der Waals surface area contributed by atoms with Crippen molar-refractivity contribution < 1.29 is 4.79 Å². The highest BCUT2D eigenvalue weighted by atomic mass is 16.1. The summed E-state index contributed by atoms with van der Waals surface area (Å²) in [4.78, 5) is 14.7. The van der Waals surface area contributed by atoms with Crippen molar-refractivity contribution in [1.82, 2.24) is 15.2 Å². The first-order valence-electron chi connectivity index (χ1n) is 3.37. The minimum Gasteiger partial charge on any atom is -0.364 e. The third-order valence-corrected chi connectivity index (χ3v) is 1.60. The van der Waals surface area contributed by atoms with Crippen LogP contribution in [-0.2, 0) is 0 Å². The van der Waals surface area contributed by atoms with Crippen LogP contribution in [-0.4, -0.2) is 21.1 Å². The lowest BCUT2D eigenvalue weighted by Gasteiger charge is -1.93. The summed E-state index contributed by atoms with van der Waals surface area (Å²) in [5, 5.41) is 7.15. The Kier molecular flexibility index (Phi) is 1.30. The number of nitrogens with two attached hydrogens (primary N) is 1. The molecule has 5 nitrogen and oxygen atoms in total. The van der Waals surface area contributed by atoms with E-state index in [4.69, 9.17) is 5.73 Å². The Hall–Kier alpha value is -1.91. The van der Waals surface area contributed by atoms with Crippen LogP contribution in [0.4, 0.5) is 0 Å². The van der Waals surface area contributed by atoms with Crippen LogP contribution in [0.3, 0.4) is 0 Å². The predicted octanol–water partition coefficient (Wildman–Crippen LogP) is 0.0568. The van der Waals surface area contributed by atoms with E-state index in [-0.39, 0.29) is 5.69 Å². The minimum absolute atomic E-state index is 0.251. The highest BCUT2D eigenvalue weighted by molar-refractivity contribution is 6.03. The SMILES string of the molecule is NC(=O)c1nccc2[nH]ncc12. The summed E-state index contributed by atoms with van der Waals surface area (Å²) < 4.78 is 0. The average molecular weight is 162 g/mol. The summed E-state index contributed by atoms with van der Waals surface area (Å²) in [6, 6.07) is 1.73. The van der Waals surface area contributed by atoms with Gasteiger partial charge < -0.3 is 5.73 Å². The normalized spacial score (nSPS) is 10.3. The van der Waals surface area contributed by atoms with Gasteiger partial charge in [-0.3, -0.25) is 14.9 Å². The number of aromatic nitrogens is 3. The van der Waals surface area contributed by atoms with E-state index < -0.39 is 5.91 Å². The maximum Gasteiger partial charge on any atom is 0.268 e. The molecule has 1 amide bonds. The largest absolute Gasteiger partial charge is 0.364 e. The molecule has 0 fully saturated rings. The molecule has 0 bridgehead atoms. The zero-order chi connectivity index (χ0) is 8.55. The highest BCUT2D eigenvalue weighted by Crippen LogP contribution is 2.11. The zero-order valence-corrected chi connectivity index (χ0v) is 6.11. The summed E-state index contributed by atoms with van der Waals surface area (Å²) in [6.45, 7) is 0. The van der Waals surface area contributed by atoms with Crippen LogP contribution < -0.4 is 5.73 Å². The number of carbonyl (C=O) groups excluding carboxylic acids is 1. The topological polar surface area (TPSA) is 84.7 Å². The van der Waals surface area contributed by atoms with Crippen molar-refractivity contribution >= 4 is 16.8 Å². The second-order valence-electron chi connectivity index (χ2n) is 2.36. The van der Waals surface area contributed by atoms with Crippen molar-refractivity contribution in [2.75, 3.05) is 0 Å². The second-order valence-corrected chi connectivity index (χ2v) is 2.36. The first-order valence-corrected chi connectivity index (χ1v) is 3.37. The summed E-state index contributed by atoms with van der Waals surface area (Å²) in [5.74, 6) is -0.540. The Bertz CT molecular complexity index is 434. The number of rotatable bonds is 1. The van der Waals surface area contributed by atoms with Crippen LogP contribution in [0.25, 0.3) is 10.9 Å². The molecule has 12 heavy (non-hydrogen) atoms. The number of hydrogen-bond acceptors (Lipinski definition) is 3. The third-order valence-electron chi connectivity index (χ3n) is 1.60. The molecule has 60 valence electrons. The van der Waals surface area contributed by atoms with Gasteiger partial charge in [-0.05, 0) is 6.07 Å². The van der Waals surface area contributed by atoms with E-state index in [0.29, 0.717) is 5.39 Å². The van der Waals surface area contributed by atoms with E-state index in [0.717, 1.165) is 5.52 Å². The van der Waals surface area contributed by atoms with Crippen molar-refractivity contribution in [1.29, 1.82) is 0 Å². The lowest BCUT2D eigenvalue weighted by Crippen LogP contribution is -2.12. The van der Waals surface area contributed by atoms with Gasteiger partial charge in [-0.2, -0.15) is 5.10 Å². The predicted molar refractivity (Wildman–Crippen MR) is 42.4 cm³/mol. The van der Waals surface area contributed by atoms with Crippen molar-refractivity contribution in [2.24, 2.45) is 5.73 Å². The Morgan fingerprint density at radius 2 is 2.42 bits per heavy atom. The van der Waals surface area contributed by atoms with Crippen LogP contribution in [0, 0.1) is 0 Å². The fraction of sp³-hybridized carbons (Fsp3) is 0. The Labute approximate surface area is 67.6 Å². The molecule has 2 aromatic rings. The molecule has 2 heterocycles. The van der Waals surface area contributed by atoms with Crippen LogP contribution in [0.15, 0.2) is 18.5 Å². The molecular formula is C7H6N4O. The lowest BCUT2D eigenvalue weighted by atomic mass is 10.2. The molecule has 0 aromatic carbocycles. The number of amides is 1. The van der Waals surface area contributed by atoms with Gasteiger partial charge in [0.05, 0.1) is 17.1 Å². The summed E-state index contributed by atoms with van der Waals surface area (Å²) in [6.07, 6.45) is 3.04. The average Bonchev–Trinajstić information content (AvgIpc) is 2.49. The van der Waals surface area contributed by atoms with Gasteiger partial charge in [0.2, 0.25) is 0 Å². The fourth-order valence-electron chi connectivity index (χ4n) is 1.06. The van der Waals surface area contributed by atoms with E-state index in [2.05, 4.69) is 15.2 Å². The van der Waals surface area contributed by atoms with Crippen molar-refractivity contribution in [3.8, 4) is 0 Å². The van der Waals surface area contributed by atoms with Gasteiger partial charge in [-0.25, -0.2) is 0 Å². The Morgan fingerprint density at radius 1 is 1.58 bits per heavy atom. The van der Waals surface area contributed by atoms with E-state index in [9.17, 15) is 4.79 Å². The van der Waals surface area contributed by atoms with Gasteiger partial charge in [0.25, 0.3) is 5.91 Å². The molecule has 3 N–H and O–H groups in total. The van der Waals surface area contributed by atoms with Gasteiger partial charge in [-0.15, -0.1) is 0 Å². The summed E-state index contributed by atoms with van der Waals surface area (Å²) >= 11 is 0. The molecule has 0 aliphatic rings. The number of fused-ring (bicyclic) bond motifs is 1. The quantitative estimate of drug-likeness (QED) is 0.621. The molecule has 5 heteroatoms. The number of H-pyrrole nitrogens is 1. The number of primary amides is 1. The number of hydrogen-bond donors (Lipinski definition) is 2. The lowest BCUT2D eigenvalue weighted by molar-refractivity contribution is 0.0997. The number of pyridine rings is 1. The van der Waals surface area contributed by atoms with Gasteiger partial charge in [0.1, 0.15) is 5.69 Å². The van der Waals surface area contributed by atoms with Crippen molar-refractivity contribution in [3.05, 3.63) is 24.2 Å². The molecular weight excluding hydrogens is 156 g/mol. The second kappa shape index (κ2) is 2.30. The molecule has 2 aromatic heterocycles. The van der Waals surface area contributed by atoms with E-state index in [1.54, 1.807) is 6.07 Å². The summed E-state index contributed by atoms with van der Waals surface area (Å²) in [7, 11) is 0. The Balaban J connectivity index is 2.82. The van der Waals surface area contributed by atoms with Crippen molar-refractivity contribution in [2.45, 2.75) is 0 Å².